The first-order valence-electron chi connectivity index (χ1n) is 51.4. The van der Waals surface area contributed by atoms with Crippen molar-refractivity contribution in [3.8, 4) is 34.5 Å². The first-order valence-corrected chi connectivity index (χ1v) is 51.4. The number of alkyl halides is 2. The highest BCUT2D eigenvalue weighted by molar-refractivity contribution is 6.02. The molecule has 5 heterocycles. The van der Waals surface area contributed by atoms with Crippen molar-refractivity contribution in [1.82, 2.24) is 24.9 Å². The molecule has 5 aliphatic heterocycles. The number of nitrogens with zero attached hydrogens (tertiary/aromatic N) is 4. The Labute approximate surface area is 849 Å². The number of phenols is 4. The maximum absolute atomic E-state index is 13.3. The van der Waals surface area contributed by atoms with Gasteiger partial charge < -0.3 is 64.7 Å². The molecule has 0 radical (unpaired) electrons. The highest BCUT2D eigenvalue weighted by atomic mass is 19.1. The third kappa shape index (κ3) is 29.0. The number of phenolic OH excluding ortho intramolecular Hbond substituents is 4. The van der Waals surface area contributed by atoms with Gasteiger partial charge in [-0.1, -0.05) is 249 Å². The van der Waals surface area contributed by atoms with Gasteiger partial charge in [0.05, 0.1) is 13.3 Å². The van der Waals surface area contributed by atoms with Crippen molar-refractivity contribution in [2.75, 3.05) is 118 Å². The average Bonchev–Trinajstić information content (AvgIpc) is 1.59. The number of aromatic hydroxyl groups is 4. The number of amides is 2. The van der Waals surface area contributed by atoms with Crippen molar-refractivity contribution in [3.63, 3.8) is 0 Å². The molecule has 752 valence electrons. The van der Waals surface area contributed by atoms with Gasteiger partial charge in [-0.25, -0.2) is 9.59 Å². The van der Waals surface area contributed by atoms with Crippen LogP contribution in [-0.4, -0.2) is 192 Å². The van der Waals surface area contributed by atoms with Gasteiger partial charge in [-0.3, -0.25) is 18.6 Å². The molecule has 2 amide bonds. The Bertz CT molecular complexity index is 6160. The molecule has 12 aromatic carbocycles. The fourth-order valence-corrected chi connectivity index (χ4v) is 20.4. The first kappa shape index (κ1) is 105. The van der Waals surface area contributed by atoms with Gasteiger partial charge >= 0.3 is 12.2 Å². The topological polar surface area (TPSA) is 217 Å². The zero-order chi connectivity index (χ0) is 101. The smallest absolute Gasteiger partial charge is 0.410 e. The predicted octanol–water partition coefficient (Wildman–Crippen LogP) is 25.8. The average molecular weight is 1940 g/mol. The molecule has 1 aliphatic carbocycles. The number of allylic oxidation sites excluding steroid dienone is 4. The number of likely N-dealkylation sites (tertiary alicyclic amines) is 4. The van der Waals surface area contributed by atoms with Crippen molar-refractivity contribution in [2.24, 2.45) is 23.7 Å². The predicted molar refractivity (Wildman–Crippen MR) is 576 cm³/mol. The zero-order valence-corrected chi connectivity index (χ0v) is 84.2. The molecule has 4 atom stereocenters. The van der Waals surface area contributed by atoms with E-state index >= 15 is 0 Å². The Balaban J connectivity index is 0.000000146. The second-order valence-electron chi connectivity index (χ2n) is 40.6. The lowest BCUT2D eigenvalue weighted by Gasteiger charge is -2.40. The number of halogens is 2. The van der Waals surface area contributed by atoms with Gasteiger partial charge in [0.1, 0.15) is 58.9 Å². The lowest BCUT2D eigenvalue weighted by atomic mass is 9.79. The van der Waals surface area contributed by atoms with Gasteiger partial charge in [0, 0.05) is 84.6 Å². The van der Waals surface area contributed by atoms with Crippen LogP contribution >= 0.6 is 0 Å². The molecule has 18 rings (SSSR count). The van der Waals surface area contributed by atoms with Crippen LogP contribution in [0.25, 0.3) is 44.6 Å². The van der Waals surface area contributed by atoms with E-state index in [1.54, 1.807) is 53.4 Å². The number of fused-ring (bicyclic) bond motifs is 2. The molecule has 0 bridgehead atoms. The lowest BCUT2D eigenvalue weighted by Crippen LogP contribution is -2.50. The van der Waals surface area contributed by atoms with E-state index in [2.05, 4.69) is 136 Å². The third-order valence-corrected chi connectivity index (χ3v) is 27.9. The van der Waals surface area contributed by atoms with E-state index in [9.17, 15) is 49.0 Å². The molecule has 5 saturated heterocycles. The van der Waals surface area contributed by atoms with E-state index in [0.29, 0.717) is 82.6 Å². The van der Waals surface area contributed by atoms with Gasteiger partial charge in [0.15, 0.2) is 0 Å². The SMILES string of the molecule is CC(C)(C)OC(=O)N1CC(c2ccc(/C(=C(/CCCF)c3ccccc3)c3ccc(O)cc3)cc2)C1.CC(C)(C)OC(=O)N1C[C@H]2CN(CCOc3ccc(/C(=C(/CCCO)c4ccccc4)c4ccc(O)cc4)cc3)C[C@H]2C1.OCCC/C(=C(\c1ccc(O)cc1)c1ccc(OCCN2C[C@H]3CNC[C@H]3C2)cc1)c1ccccc1.Oc1ccc(/C(=C(\CCCF)c2ccccc2)c2ccc(C3CCC3)cc2)cc1. The monoisotopic (exact) mass is 1940 g/mol. The van der Waals surface area contributed by atoms with Crippen LogP contribution in [-0.2, 0) is 9.47 Å². The van der Waals surface area contributed by atoms with Crippen molar-refractivity contribution >= 4 is 56.8 Å². The molecule has 0 unspecified atom stereocenters. The van der Waals surface area contributed by atoms with Crippen molar-refractivity contribution in [3.05, 3.63) is 393 Å². The largest absolute Gasteiger partial charge is 0.508 e. The molecule has 7 N–H and O–H groups in total. The number of ether oxygens (including phenoxy) is 4. The summed E-state index contributed by atoms with van der Waals surface area (Å²) in [6.07, 6.45) is 8.44. The summed E-state index contributed by atoms with van der Waals surface area (Å²) in [7, 11) is 0. The normalized spacial score (nSPS) is 17.5. The number of aliphatic hydroxyl groups is 2. The Morgan fingerprint density at radius 1 is 0.319 bits per heavy atom. The maximum atomic E-state index is 13.3. The number of carbonyl (C=O) groups excluding carboxylic acids is 2. The number of hydrogen-bond donors (Lipinski definition) is 7. The summed E-state index contributed by atoms with van der Waals surface area (Å²) in [5.41, 5.74) is 23.3. The van der Waals surface area contributed by atoms with Gasteiger partial charge in [-0.15, -0.1) is 0 Å². The zero-order valence-electron chi connectivity index (χ0n) is 84.2. The molecule has 0 aromatic heterocycles. The van der Waals surface area contributed by atoms with Gasteiger partial charge in [0.25, 0.3) is 0 Å². The highest BCUT2D eigenvalue weighted by Gasteiger charge is 2.43. The van der Waals surface area contributed by atoms with Crippen molar-refractivity contribution in [2.45, 2.75) is 135 Å². The summed E-state index contributed by atoms with van der Waals surface area (Å²) in [4.78, 5) is 33.3. The Morgan fingerprint density at radius 2 is 0.583 bits per heavy atom. The number of benzene rings is 12. The van der Waals surface area contributed by atoms with Crippen LogP contribution in [0.3, 0.4) is 0 Å². The van der Waals surface area contributed by atoms with Crippen molar-refractivity contribution in [1.29, 1.82) is 0 Å². The minimum atomic E-state index is -0.501. The van der Waals surface area contributed by atoms with Crippen LogP contribution in [0.1, 0.15) is 202 Å². The summed E-state index contributed by atoms with van der Waals surface area (Å²) < 4.78 is 49.7. The molecular weight excluding hydrogens is 1800 g/mol. The Kier molecular flexibility index (Phi) is 37.3. The van der Waals surface area contributed by atoms with Crippen LogP contribution in [0.4, 0.5) is 18.4 Å². The van der Waals surface area contributed by atoms with E-state index in [-0.39, 0.29) is 67.7 Å². The van der Waals surface area contributed by atoms with E-state index in [4.69, 9.17) is 18.9 Å². The highest BCUT2D eigenvalue weighted by Crippen LogP contribution is 2.45. The second-order valence-corrected chi connectivity index (χ2v) is 40.6. The molecule has 144 heavy (non-hydrogen) atoms. The number of hydrogen-bond acceptors (Lipinski definition) is 15. The molecule has 17 nitrogen and oxygen atoms in total. The summed E-state index contributed by atoms with van der Waals surface area (Å²) in [5, 5.41) is 62.2. The molecule has 19 heteroatoms. The third-order valence-electron chi connectivity index (χ3n) is 27.9. The lowest BCUT2D eigenvalue weighted by molar-refractivity contribution is 0.00812. The van der Waals surface area contributed by atoms with Crippen LogP contribution < -0.4 is 14.8 Å². The Morgan fingerprint density at radius 3 is 0.854 bits per heavy atom. The molecule has 6 aliphatic rings. The number of carbonyl (C=O) groups is 2. The van der Waals surface area contributed by atoms with Crippen LogP contribution in [0.15, 0.2) is 315 Å². The second kappa shape index (κ2) is 51.2. The Hall–Kier alpha value is -13.4. The van der Waals surface area contributed by atoms with Gasteiger partial charge in [-0.05, 0) is 344 Å². The van der Waals surface area contributed by atoms with E-state index in [1.165, 1.54) is 49.1 Å². The van der Waals surface area contributed by atoms with Gasteiger partial charge in [-0.2, -0.15) is 0 Å². The van der Waals surface area contributed by atoms with E-state index < -0.39 is 11.2 Å². The van der Waals surface area contributed by atoms with Crippen LogP contribution in [0.2, 0.25) is 0 Å². The summed E-state index contributed by atoms with van der Waals surface area (Å²) in [5.74, 6) is 6.18. The summed E-state index contributed by atoms with van der Waals surface area (Å²) in [6.45, 7) is 23.4. The molecule has 12 aromatic rings. The number of nitrogens with one attached hydrogen (secondary N) is 1. The van der Waals surface area contributed by atoms with Crippen LogP contribution in [0.5, 0.6) is 34.5 Å². The standard InChI is InChI=1S/C36H44N2O5.C31H34FNO3.C31H36N2O3.C27H27FO/c1-36(2,3)43-35(41)38-24-29-22-37(23-30(29)25-38)19-21-42-32-17-13-28(14-18-32)34(27-11-15-31(40)16-12-27)33(10-7-20-39)26-8-5-4-6-9-26;1-31(2,3)36-30(35)33-20-26(21-33)22-11-13-24(14-12-22)29(25-15-17-27(34)18-16-25)28(10-7-19-32)23-8-5-4-6-9-23;34-17-4-7-30(23-5-2-1-3-6-23)31(24-8-12-28(35)13-9-24)25-10-14-29(15-11-25)36-18-16-33-21-26-19-32-20-27(26)22-33;28-19-5-10-26(22-6-2-1-3-7-22)27(24-15-17-25(29)18-16-24)23-13-11-21(12-14-23)20-8-4-9-20/h4-6,8-9,11-18,29-30,39-40H,7,10,19-25H2,1-3H3;4-6,8-9,11-18,26,34H,7,10,19-21H2,1-3H3;1-3,5-6,8-15,26-27,32,34-35H,4,7,16-22H2;1-3,6-7,11-18,20,29H,4-5,8-10,19H2/b34-33-;29-28+;31-30-;27-26+/t29-,30+;;26-,27+;. The minimum Gasteiger partial charge on any atom is -0.508 e. The summed E-state index contributed by atoms with van der Waals surface area (Å²) >= 11 is 0. The molecule has 1 saturated carbocycles. The minimum absolute atomic E-state index is 0.118. The van der Waals surface area contributed by atoms with Crippen LogP contribution in [0, 0.1) is 23.7 Å². The fraction of sp³-hybridized carbons (Fsp3) is 0.344. The summed E-state index contributed by atoms with van der Waals surface area (Å²) in [6, 6.07) is 104. The molecular formula is C125H141F2N5O12. The van der Waals surface area contributed by atoms with Crippen molar-refractivity contribution < 1.29 is 68.0 Å². The molecule has 6 fully saturated rings. The number of aliphatic hydroxyl groups excluding tert-OH is 2. The first-order chi connectivity index (χ1) is 69.9. The van der Waals surface area contributed by atoms with Gasteiger partial charge in [0.2, 0.25) is 0 Å². The quantitative estimate of drug-likeness (QED) is 0.0187. The number of rotatable bonds is 34. The maximum Gasteiger partial charge on any atom is 0.410 e. The van der Waals surface area contributed by atoms with E-state index in [1.807, 2.05) is 192 Å². The molecule has 0 spiro atoms. The van der Waals surface area contributed by atoms with E-state index in [0.717, 1.165) is 194 Å². The fourth-order valence-electron chi connectivity index (χ4n) is 20.4.